The Balaban J connectivity index is 1.59. The van der Waals surface area contributed by atoms with Gasteiger partial charge in [-0.25, -0.2) is 4.79 Å². The summed E-state index contributed by atoms with van der Waals surface area (Å²) in [5.74, 6) is -1.71. The van der Waals surface area contributed by atoms with Crippen molar-refractivity contribution < 1.29 is 24.2 Å². The molecule has 7 heteroatoms. The number of nitrogens with one attached hydrogen (secondary N) is 1. The molecule has 0 fully saturated rings. The number of aliphatic carboxylic acids is 1. The van der Waals surface area contributed by atoms with Crippen molar-refractivity contribution in [3.8, 4) is 11.1 Å². The van der Waals surface area contributed by atoms with Gasteiger partial charge in [0.25, 0.3) is 0 Å². The summed E-state index contributed by atoms with van der Waals surface area (Å²) in [5.41, 5.74) is 4.58. The molecule has 0 aromatic heterocycles. The summed E-state index contributed by atoms with van der Waals surface area (Å²) in [7, 11) is 0. The van der Waals surface area contributed by atoms with Crippen LogP contribution >= 0.6 is 0 Å². The molecule has 2 amide bonds. The van der Waals surface area contributed by atoms with Gasteiger partial charge in [-0.3, -0.25) is 9.59 Å². The molecule has 2 atom stereocenters. The third-order valence-corrected chi connectivity index (χ3v) is 6.30. The smallest absolute Gasteiger partial charge is 0.407 e. The van der Waals surface area contributed by atoms with Gasteiger partial charge in [-0.1, -0.05) is 55.5 Å². The Bertz CT molecular complexity index is 974. The molecule has 0 saturated carbocycles. The second-order valence-corrected chi connectivity index (χ2v) is 8.82. The van der Waals surface area contributed by atoms with E-state index < -0.39 is 24.0 Å². The molecule has 2 aromatic carbocycles. The quantitative estimate of drug-likeness (QED) is 0.593. The molecule has 0 aliphatic heterocycles. The fraction of sp³-hybridized carbons (Fsp3) is 0.423. The first kappa shape index (κ1) is 24.3. The monoisotopic (exact) mass is 452 g/mol. The number of carboxylic acid groups (broad SMARTS) is 1. The molecule has 0 spiro atoms. The standard InChI is InChI=1S/C26H32N2O5/c1-16(2)28(14-13-24(29)30)25(31)17(3)18(4)27-26(32)33-15-23-21-11-7-5-9-19(21)20-10-6-8-12-22(20)23/h5-12,16-18,23H,13-15H2,1-4H3,(H,27,32)(H,29,30). The number of alkyl carbamates (subject to hydrolysis) is 1. The molecule has 1 aliphatic rings. The third-order valence-electron chi connectivity index (χ3n) is 6.30. The van der Waals surface area contributed by atoms with Gasteiger partial charge in [-0.15, -0.1) is 0 Å². The Kier molecular flexibility index (Phi) is 7.74. The van der Waals surface area contributed by atoms with Crippen molar-refractivity contribution in [3.63, 3.8) is 0 Å². The zero-order valence-electron chi connectivity index (χ0n) is 19.6. The maximum absolute atomic E-state index is 12.9. The highest BCUT2D eigenvalue weighted by atomic mass is 16.5. The van der Waals surface area contributed by atoms with E-state index in [-0.39, 0.29) is 37.4 Å². The summed E-state index contributed by atoms with van der Waals surface area (Å²) >= 11 is 0. The van der Waals surface area contributed by atoms with Crippen molar-refractivity contribution in [2.75, 3.05) is 13.2 Å². The summed E-state index contributed by atoms with van der Waals surface area (Å²) in [5, 5.41) is 11.7. The lowest BCUT2D eigenvalue weighted by Gasteiger charge is -2.31. The van der Waals surface area contributed by atoms with Gasteiger partial charge in [-0.05, 0) is 43.0 Å². The van der Waals surface area contributed by atoms with E-state index in [0.29, 0.717) is 0 Å². The Morgan fingerprint density at radius 3 is 2.03 bits per heavy atom. The van der Waals surface area contributed by atoms with E-state index in [0.717, 1.165) is 22.3 Å². The Morgan fingerprint density at radius 1 is 0.970 bits per heavy atom. The highest BCUT2D eigenvalue weighted by molar-refractivity contribution is 5.81. The molecule has 0 bridgehead atoms. The van der Waals surface area contributed by atoms with E-state index in [9.17, 15) is 14.4 Å². The topological polar surface area (TPSA) is 95.9 Å². The lowest BCUT2D eigenvalue weighted by Crippen LogP contribution is -2.48. The van der Waals surface area contributed by atoms with Crippen LogP contribution in [0.25, 0.3) is 11.1 Å². The lowest BCUT2D eigenvalue weighted by atomic mass is 9.98. The van der Waals surface area contributed by atoms with E-state index in [2.05, 4.69) is 29.6 Å². The van der Waals surface area contributed by atoms with Crippen LogP contribution < -0.4 is 5.32 Å². The number of carbonyl (C=O) groups excluding carboxylic acids is 2. The fourth-order valence-corrected chi connectivity index (χ4v) is 4.27. The second-order valence-electron chi connectivity index (χ2n) is 8.82. The second kappa shape index (κ2) is 10.5. The molecule has 7 nitrogen and oxygen atoms in total. The van der Waals surface area contributed by atoms with Crippen LogP contribution in [0.3, 0.4) is 0 Å². The molecule has 33 heavy (non-hydrogen) atoms. The average Bonchev–Trinajstić information content (AvgIpc) is 3.10. The number of benzene rings is 2. The van der Waals surface area contributed by atoms with Gasteiger partial charge in [-0.2, -0.15) is 0 Å². The summed E-state index contributed by atoms with van der Waals surface area (Å²) in [4.78, 5) is 37.9. The molecule has 0 radical (unpaired) electrons. The van der Waals surface area contributed by atoms with Crippen LogP contribution in [0.4, 0.5) is 4.79 Å². The van der Waals surface area contributed by atoms with Crippen LogP contribution in [0.2, 0.25) is 0 Å². The van der Waals surface area contributed by atoms with E-state index in [4.69, 9.17) is 9.84 Å². The Labute approximate surface area is 194 Å². The molecule has 2 N–H and O–H groups in total. The number of ether oxygens (including phenoxy) is 1. The summed E-state index contributed by atoms with van der Waals surface area (Å²) < 4.78 is 5.57. The summed E-state index contributed by atoms with van der Waals surface area (Å²) in [6.45, 7) is 7.50. The number of nitrogens with zero attached hydrogens (tertiary/aromatic N) is 1. The van der Waals surface area contributed by atoms with Gasteiger partial charge in [0.2, 0.25) is 5.91 Å². The predicted molar refractivity (Wildman–Crippen MR) is 126 cm³/mol. The Morgan fingerprint density at radius 2 is 1.52 bits per heavy atom. The summed E-state index contributed by atoms with van der Waals surface area (Å²) in [6, 6.07) is 15.6. The van der Waals surface area contributed by atoms with Gasteiger partial charge in [0.05, 0.1) is 12.3 Å². The van der Waals surface area contributed by atoms with E-state index in [1.165, 1.54) is 4.90 Å². The van der Waals surface area contributed by atoms with Crippen molar-refractivity contribution in [1.29, 1.82) is 0 Å². The maximum atomic E-state index is 12.9. The number of hydrogen-bond acceptors (Lipinski definition) is 4. The number of carboxylic acids is 1. The summed E-state index contributed by atoms with van der Waals surface area (Å²) in [6.07, 6.45) is -0.698. The van der Waals surface area contributed by atoms with Gasteiger partial charge in [0, 0.05) is 24.5 Å². The number of hydrogen-bond donors (Lipinski definition) is 2. The third kappa shape index (κ3) is 5.53. The van der Waals surface area contributed by atoms with Crippen LogP contribution in [0.5, 0.6) is 0 Å². The predicted octanol–water partition coefficient (Wildman–Crippen LogP) is 4.26. The highest BCUT2D eigenvalue weighted by Gasteiger charge is 2.31. The zero-order valence-corrected chi connectivity index (χ0v) is 19.6. The number of fused-ring (bicyclic) bond motifs is 3. The van der Waals surface area contributed by atoms with Crippen LogP contribution in [-0.4, -0.2) is 53.2 Å². The van der Waals surface area contributed by atoms with E-state index in [1.807, 2.05) is 38.1 Å². The van der Waals surface area contributed by atoms with Gasteiger partial charge in [0.15, 0.2) is 0 Å². The van der Waals surface area contributed by atoms with Crippen molar-refractivity contribution in [1.82, 2.24) is 10.2 Å². The van der Waals surface area contributed by atoms with Crippen molar-refractivity contribution in [3.05, 3.63) is 59.7 Å². The normalized spacial score (nSPS) is 14.2. The first-order chi connectivity index (χ1) is 15.7. The highest BCUT2D eigenvalue weighted by Crippen LogP contribution is 2.44. The molecule has 0 saturated heterocycles. The van der Waals surface area contributed by atoms with Crippen LogP contribution in [0, 0.1) is 5.92 Å². The van der Waals surface area contributed by atoms with Gasteiger partial charge >= 0.3 is 12.1 Å². The number of rotatable bonds is 9. The number of amides is 2. The molecule has 1 aliphatic carbocycles. The SMILES string of the molecule is CC(NC(=O)OCC1c2ccccc2-c2ccccc21)C(C)C(=O)N(CCC(=O)O)C(C)C. The van der Waals surface area contributed by atoms with Crippen LogP contribution in [0.15, 0.2) is 48.5 Å². The minimum absolute atomic E-state index is 0.0371. The van der Waals surface area contributed by atoms with E-state index >= 15 is 0 Å². The van der Waals surface area contributed by atoms with Gasteiger partial charge in [0.1, 0.15) is 6.61 Å². The van der Waals surface area contributed by atoms with Crippen molar-refractivity contribution >= 4 is 18.0 Å². The lowest BCUT2D eigenvalue weighted by molar-refractivity contribution is -0.140. The minimum Gasteiger partial charge on any atom is -0.481 e. The minimum atomic E-state index is -0.953. The molecular formula is C26H32N2O5. The first-order valence-electron chi connectivity index (χ1n) is 11.3. The van der Waals surface area contributed by atoms with Crippen molar-refractivity contribution in [2.45, 2.75) is 52.1 Å². The molecular weight excluding hydrogens is 420 g/mol. The molecule has 2 unspecified atom stereocenters. The molecule has 3 rings (SSSR count). The fourth-order valence-electron chi connectivity index (χ4n) is 4.27. The number of carbonyl (C=O) groups is 3. The van der Waals surface area contributed by atoms with Crippen LogP contribution in [0.1, 0.15) is 51.2 Å². The van der Waals surface area contributed by atoms with Crippen LogP contribution in [-0.2, 0) is 14.3 Å². The first-order valence-corrected chi connectivity index (χ1v) is 11.3. The molecule has 0 heterocycles. The maximum Gasteiger partial charge on any atom is 0.407 e. The molecule has 176 valence electrons. The van der Waals surface area contributed by atoms with Crippen molar-refractivity contribution in [2.24, 2.45) is 5.92 Å². The average molecular weight is 453 g/mol. The largest absolute Gasteiger partial charge is 0.481 e. The zero-order chi connectivity index (χ0) is 24.1. The Hall–Kier alpha value is -3.35. The van der Waals surface area contributed by atoms with E-state index in [1.54, 1.807) is 13.8 Å². The molecule has 2 aromatic rings. The van der Waals surface area contributed by atoms with Gasteiger partial charge < -0.3 is 20.1 Å².